The highest BCUT2D eigenvalue weighted by atomic mass is 32.2. The number of anilines is 1. The summed E-state index contributed by atoms with van der Waals surface area (Å²) in [5.41, 5.74) is 0.167. The van der Waals surface area contributed by atoms with Crippen molar-refractivity contribution in [3.63, 3.8) is 0 Å². The lowest BCUT2D eigenvalue weighted by Gasteiger charge is -2.16. The maximum absolute atomic E-state index is 13.0. The molecule has 10 nitrogen and oxygen atoms in total. The summed E-state index contributed by atoms with van der Waals surface area (Å²) in [5.74, 6) is -0.705. The van der Waals surface area contributed by atoms with Crippen molar-refractivity contribution in [3.8, 4) is 17.2 Å². The number of nitrogens with one attached hydrogen (secondary N) is 2. The van der Waals surface area contributed by atoms with Crippen LogP contribution in [0.3, 0.4) is 0 Å². The summed E-state index contributed by atoms with van der Waals surface area (Å²) in [7, 11) is 0.0685. The van der Waals surface area contributed by atoms with Crippen LogP contribution < -0.4 is 24.2 Å². The van der Waals surface area contributed by atoms with Crippen molar-refractivity contribution >= 4 is 27.6 Å². The number of carbonyl (C=O) groups excluding carboxylic acids is 2. The molecule has 2 aromatic rings. The Labute approximate surface area is 193 Å². The van der Waals surface area contributed by atoms with E-state index in [0.717, 1.165) is 0 Å². The molecule has 0 aromatic heterocycles. The number of ether oxygens (including phenoxy) is 4. The summed E-state index contributed by atoms with van der Waals surface area (Å²) in [5, 5.41) is 2.61. The second kappa shape index (κ2) is 11.0. The first-order chi connectivity index (χ1) is 15.6. The van der Waals surface area contributed by atoms with Gasteiger partial charge in [-0.05, 0) is 39.0 Å². The molecule has 0 heterocycles. The van der Waals surface area contributed by atoms with E-state index >= 15 is 0 Å². The Morgan fingerprint density at radius 3 is 2.15 bits per heavy atom. The van der Waals surface area contributed by atoms with Gasteiger partial charge in [-0.25, -0.2) is 17.9 Å². The van der Waals surface area contributed by atoms with Crippen LogP contribution in [0.15, 0.2) is 35.2 Å². The maximum Gasteiger partial charge on any atom is 0.340 e. The molecule has 0 spiro atoms. The van der Waals surface area contributed by atoms with Crippen molar-refractivity contribution in [2.24, 2.45) is 0 Å². The molecule has 0 aliphatic carbocycles. The van der Waals surface area contributed by atoms with Gasteiger partial charge in [0.1, 0.15) is 10.6 Å². The highest BCUT2D eigenvalue weighted by Crippen LogP contribution is 2.34. The Bertz CT molecular complexity index is 1130. The molecule has 180 valence electrons. The van der Waals surface area contributed by atoms with Crippen LogP contribution >= 0.6 is 0 Å². The number of hydrogen-bond donors (Lipinski definition) is 2. The average molecular weight is 481 g/mol. The van der Waals surface area contributed by atoms with Crippen LogP contribution in [0, 0.1) is 0 Å². The van der Waals surface area contributed by atoms with Gasteiger partial charge in [0, 0.05) is 23.7 Å². The molecular formula is C22H28N2O8S. The van der Waals surface area contributed by atoms with Crippen LogP contribution in [-0.2, 0) is 14.8 Å². The molecule has 0 fully saturated rings. The van der Waals surface area contributed by atoms with E-state index in [-0.39, 0.29) is 51.6 Å². The van der Waals surface area contributed by atoms with Gasteiger partial charge in [-0.1, -0.05) is 0 Å². The van der Waals surface area contributed by atoms with E-state index in [0.29, 0.717) is 0 Å². The van der Waals surface area contributed by atoms with Crippen molar-refractivity contribution < 1.29 is 37.0 Å². The molecule has 2 rings (SSSR count). The van der Waals surface area contributed by atoms with Gasteiger partial charge in [-0.3, -0.25) is 4.79 Å². The molecule has 1 amide bonds. The molecule has 0 atom stereocenters. The van der Waals surface area contributed by atoms with Crippen molar-refractivity contribution in [1.82, 2.24) is 4.72 Å². The zero-order valence-corrected chi connectivity index (χ0v) is 20.2. The second-order valence-electron chi connectivity index (χ2n) is 7.07. The number of methoxy groups -OCH3 is 3. The topological polar surface area (TPSA) is 129 Å². The lowest BCUT2D eigenvalue weighted by Crippen LogP contribution is -2.30. The first-order valence-corrected chi connectivity index (χ1v) is 11.5. The summed E-state index contributed by atoms with van der Waals surface area (Å²) in [6.07, 6.45) is 0. The van der Waals surface area contributed by atoms with E-state index < -0.39 is 21.9 Å². The highest BCUT2D eigenvalue weighted by molar-refractivity contribution is 7.89. The van der Waals surface area contributed by atoms with Crippen LogP contribution in [0.2, 0.25) is 0 Å². The van der Waals surface area contributed by atoms with Crippen molar-refractivity contribution in [2.75, 3.05) is 33.3 Å². The number of esters is 1. The average Bonchev–Trinajstić information content (AvgIpc) is 2.77. The van der Waals surface area contributed by atoms with Crippen LogP contribution in [-0.4, -0.2) is 54.3 Å². The molecule has 0 radical (unpaired) electrons. The summed E-state index contributed by atoms with van der Waals surface area (Å²) < 4.78 is 48.7. The van der Waals surface area contributed by atoms with Gasteiger partial charge in [-0.2, -0.15) is 0 Å². The highest BCUT2D eigenvalue weighted by Gasteiger charge is 2.24. The van der Waals surface area contributed by atoms with E-state index in [4.69, 9.17) is 18.9 Å². The smallest absolute Gasteiger partial charge is 0.340 e. The molecule has 2 N–H and O–H groups in total. The minimum absolute atomic E-state index is 0.0313. The van der Waals surface area contributed by atoms with E-state index in [1.165, 1.54) is 51.7 Å². The largest absolute Gasteiger partial charge is 0.493 e. The minimum atomic E-state index is -3.95. The SMILES string of the molecule is CCOc1ccc(C(=O)Nc2cc(OC)c(OC)cc2C(=O)OC)cc1S(=O)(=O)NC(C)C. The van der Waals surface area contributed by atoms with Gasteiger partial charge in [-0.15, -0.1) is 0 Å². The zero-order chi connectivity index (χ0) is 24.8. The van der Waals surface area contributed by atoms with Crippen molar-refractivity contribution in [2.45, 2.75) is 31.7 Å². The minimum Gasteiger partial charge on any atom is -0.493 e. The lowest BCUT2D eigenvalue weighted by atomic mass is 10.1. The molecule has 0 aliphatic rings. The van der Waals surface area contributed by atoms with Crippen LogP contribution in [0.1, 0.15) is 41.5 Å². The molecule has 33 heavy (non-hydrogen) atoms. The Hall–Kier alpha value is -3.31. The molecule has 0 bridgehead atoms. The Morgan fingerprint density at radius 1 is 0.970 bits per heavy atom. The third-order valence-electron chi connectivity index (χ3n) is 4.36. The van der Waals surface area contributed by atoms with E-state index in [1.807, 2.05) is 0 Å². The molecule has 0 aliphatic heterocycles. The summed E-state index contributed by atoms with van der Waals surface area (Å²) in [4.78, 5) is 25.1. The third kappa shape index (κ3) is 6.14. The Morgan fingerprint density at radius 2 is 1.61 bits per heavy atom. The predicted molar refractivity (Wildman–Crippen MR) is 122 cm³/mol. The summed E-state index contributed by atoms with van der Waals surface area (Å²) in [6, 6.07) is 6.47. The van der Waals surface area contributed by atoms with Gasteiger partial charge in [0.25, 0.3) is 5.91 Å². The molecule has 0 saturated carbocycles. The van der Waals surface area contributed by atoms with Crippen LogP contribution in [0.5, 0.6) is 17.2 Å². The van der Waals surface area contributed by atoms with Gasteiger partial charge >= 0.3 is 5.97 Å². The fourth-order valence-electron chi connectivity index (χ4n) is 2.96. The Balaban J connectivity index is 2.52. The molecular weight excluding hydrogens is 452 g/mol. The standard InChI is InChI=1S/C22H28N2O8S/c1-7-32-17-9-8-14(10-20(17)33(27,28)24-13(2)3)21(25)23-16-12-19(30-5)18(29-4)11-15(16)22(26)31-6/h8-13,24H,7H2,1-6H3,(H,23,25). The van der Waals surface area contributed by atoms with E-state index in [9.17, 15) is 18.0 Å². The Kier molecular flexibility index (Phi) is 8.66. The summed E-state index contributed by atoms with van der Waals surface area (Å²) >= 11 is 0. The van der Waals surface area contributed by atoms with E-state index in [1.54, 1.807) is 20.8 Å². The van der Waals surface area contributed by atoms with E-state index in [2.05, 4.69) is 10.0 Å². The van der Waals surface area contributed by atoms with Crippen molar-refractivity contribution in [3.05, 3.63) is 41.5 Å². The van der Waals surface area contributed by atoms with Gasteiger partial charge in [0.15, 0.2) is 11.5 Å². The first-order valence-electron chi connectivity index (χ1n) is 10.0. The zero-order valence-electron chi connectivity index (χ0n) is 19.3. The fourth-order valence-corrected chi connectivity index (χ4v) is 4.39. The fraction of sp³-hybridized carbons (Fsp3) is 0.364. The number of hydrogen-bond acceptors (Lipinski definition) is 8. The molecule has 0 saturated heterocycles. The van der Waals surface area contributed by atoms with Gasteiger partial charge in [0.2, 0.25) is 10.0 Å². The number of sulfonamides is 1. The van der Waals surface area contributed by atoms with Gasteiger partial charge < -0.3 is 24.3 Å². The first kappa shape index (κ1) is 25.9. The maximum atomic E-state index is 13.0. The number of benzene rings is 2. The van der Waals surface area contributed by atoms with Crippen LogP contribution in [0.25, 0.3) is 0 Å². The normalized spacial score (nSPS) is 11.1. The van der Waals surface area contributed by atoms with Crippen LogP contribution in [0.4, 0.5) is 5.69 Å². The number of carbonyl (C=O) groups is 2. The number of amides is 1. The monoisotopic (exact) mass is 480 g/mol. The lowest BCUT2D eigenvalue weighted by molar-refractivity contribution is 0.0601. The molecule has 0 unspecified atom stereocenters. The predicted octanol–water partition coefficient (Wildman–Crippen LogP) is 2.83. The second-order valence-corrected chi connectivity index (χ2v) is 8.75. The van der Waals surface area contributed by atoms with Crippen molar-refractivity contribution in [1.29, 1.82) is 0 Å². The number of rotatable bonds is 10. The summed E-state index contributed by atoms with van der Waals surface area (Å²) in [6.45, 7) is 5.32. The van der Waals surface area contributed by atoms with Gasteiger partial charge in [0.05, 0.1) is 39.2 Å². The molecule has 2 aromatic carbocycles. The molecule has 11 heteroatoms. The quantitative estimate of drug-likeness (QED) is 0.497. The third-order valence-corrected chi connectivity index (χ3v) is 6.04.